The molecule has 0 radical (unpaired) electrons. The van der Waals surface area contributed by atoms with Crippen LogP contribution in [0.1, 0.15) is 55.1 Å². The molecular weight excluding hydrogens is 693 g/mol. The average molecular weight is 738 g/mol. The Balaban J connectivity index is 1.14. The fourth-order valence-corrected chi connectivity index (χ4v) is 9.09. The standard InChI is InChI=1S/C36H45F2N9O4S/c1-3-27-29(38)7-6-23-14-26(48)16-31(33(23)27)44-13-8-28-30(20-44)41-35(51-21-36-9-4-11-46(36)18-24(37)17-36)42-34(28)45-10-5-12-47-25(19-45)15-32(43-47)40-22-52(49,50)39-2/h6-7,14-16,24,39,48H,3-5,8-13,17-22H2,1-2H3,(H,40,43)/t24-,36+/m1/s1. The number of benzene rings is 2. The van der Waals surface area contributed by atoms with Gasteiger partial charge in [-0.15, -0.1) is 0 Å². The summed E-state index contributed by atoms with van der Waals surface area (Å²) < 4.78 is 64.5. The minimum atomic E-state index is -3.47. The topological polar surface area (TPSA) is 141 Å². The van der Waals surface area contributed by atoms with E-state index < -0.39 is 16.2 Å². The maximum absolute atomic E-state index is 15.1. The van der Waals surface area contributed by atoms with Gasteiger partial charge in [0.1, 0.15) is 41.9 Å². The van der Waals surface area contributed by atoms with Crippen molar-refractivity contribution in [3.63, 3.8) is 0 Å². The van der Waals surface area contributed by atoms with Gasteiger partial charge in [0.05, 0.1) is 30.0 Å². The van der Waals surface area contributed by atoms with Crippen molar-refractivity contribution in [3.05, 3.63) is 58.7 Å². The second-order valence-electron chi connectivity index (χ2n) is 14.4. The second-order valence-corrected chi connectivity index (χ2v) is 16.3. The molecular formula is C36H45F2N9O4S. The molecule has 6 heterocycles. The van der Waals surface area contributed by atoms with Crippen molar-refractivity contribution in [3.8, 4) is 11.8 Å². The highest BCUT2D eigenvalue weighted by Crippen LogP contribution is 2.42. The highest BCUT2D eigenvalue weighted by Gasteiger charge is 2.49. The zero-order valence-corrected chi connectivity index (χ0v) is 30.4. The van der Waals surface area contributed by atoms with Crippen LogP contribution in [-0.4, -0.2) is 95.6 Å². The van der Waals surface area contributed by atoms with E-state index in [2.05, 4.69) is 29.8 Å². The quantitative estimate of drug-likeness (QED) is 0.217. The third kappa shape index (κ3) is 6.49. The Morgan fingerprint density at radius 3 is 2.77 bits per heavy atom. The molecule has 52 heavy (non-hydrogen) atoms. The highest BCUT2D eigenvalue weighted by molar-refractivity contribution is 7.89. The fraction of sp³-hybridized carbons (Fsp3) is 0.528. The van der Waals surface area contributed by atoms with E-state index in [1.807, 2.05) is 17.7 Å². The molecule has 3 N–H and O–H groups in total. The van der Waals surface area contributed by atoms with Crippen LogP contribution in [0.5, 0.6) is 11.8 Å². The summed E-state index contributed by atoms with van der Waals surface area (Å²) in [5.74, 6) is 0.784. The Hall–Kier alpha value is -4.28. The van der Waals surface area contributed by atoms with Gasteiger partial charge in [-0.3, -0.25) is 9.58 Å². The Morgan fingerprint density at radius 1 is 1.08 bits per heavy atom. The number of aryl methyl sites for hydroxylation is 2. The maximum atomic E-state index is 15.1. The van der Waals surface area contributed by atoms with E-state index in [1.165, 1.54) is 13.1 Å². The first-order chi connectivity index (χ1) is 25.0. The second kappa shape index (κ2) is 13.6. The van der Waals surface area contributed by atoms with E-state index >= 15 is 4.39 Å². The van der Waals surface area contributed by atoms with Crippen molar-refractivity contribution in [2.75, 3.05) is 60.8 Å². The van der Waals surface area contributed by atoms with Gasteiger partial charge in [0.25, 0.3) is 0 Å². The lowest BCUT2D eigenvalue weighted by Crippen LogP contribution is -2.43. The number of fused-ring (bicyclic) bond motifs is 4. The van der Waals surface area contributed by atoms with Crippen LogP contribution in [0.2, 0.25) is 0 Å². The summed E-state index contributed by atoms with van der Waals surface area (Å²) in [6, 6.07) is 8.64. The molecule has 8 rings (SSSR count). The van der Waals surface area contributed by atoms with Gasteiger partial charge < -0.3 is 25.0 Å². The molecule has 2 aromatic heterocycles. The lowest BCUT2D eigenvalue weighted by Gasteiger charge is -2.35. The molecule has 278 valence electrons. The molecule has 0 aliphatic carbocycles. The molecule has 2 fully saturated rings. The van der Waals surface area contributed by atoms with E-state index in [0.717, 1.165) is 65.0 Å². The van der Waals surface area contributed by atoms with Crippen LogP contribution in [0.3, 0.4) is 0 Å². The number of aromatic nitrogens is 4. The van der Waals surface area contributed by atoms with Crippen LogP contribution >= 0.6 is 0 Å². The van der Waals surface area contributed by atoms with E-state index in [0.29, 0.717) is 76.5 Å². The molecule has 2 saturated heterocycles. The van der Waals surface area contributed by atoms with Gasteiger partial charge >= 0.3 is 6.01 Å². The third-order valence-corrected chi connectivity index (χ3v) is 12.3. The molecule has 0 unspecified atom stereocenters. The summed E-state index contributed by atoms with van der Waals surface area (Å²) in [5, 5.41) is 19.8. The predicted molar refractivity (Wildman–Crippen MR) is 195 cm³/mol. The molecule has 0 spiro atoms. The molecule has 4 aromatic rings. The van der Waals surface area contributed by atoms with Crippen molar-refractivity contribution in [2.45, 2.75) is 76.8 Å². The van der Waals surface area contributed by atoms with Crippen molar-refractivity contribution in [2.24, 2.45) is 0 Å². The highest BCUT2D eigenvalue weighted by atomic mass is 32.2. The van der Waals surface area contributed by atoms with Gasteiger partial charge in [-0.2, -0.15) is 15.1 Å². The number of nitrogens with one attached hydrogen (secondary N) is 2. The van der Waals surface area contributed by atoms with Gasteiger partial charge in [0.15, 0.2) is 0 Å². The summed E-state index contributed by atoms with van der Waals surface area (Å²) in [7, 11) is -2.10. The number of alkyl halides is 1. The Bertz CT molecular complexity index is 2110. The SMILES string of the molecule is CCc1c(F)ccc2cc(O)cc(N3CCc4c(nc(OC[C@@]56CCCN5C[C@H](F)C6)nc4N4CCCn5nc(NCS(=O)(=O)NC)cc5C4)C3)c12. The van der Waals surface area contributed by atoms with E-state index in [-0.39, 0.29) is 29.0 Å². The number of hydrogen-bond acceptors (Lipinski definition) is 11. The predicted octanol–water partition coefficient (Wildman–Crippen LogP) is 4.08. The van der Waals surface area contributed by atoms with Crippen molar-refractivity contribution in [1.82, 2.24) is 29.4 Å². The minimum Gasteiger partial charge on any atom is -0.508 e. The summed E-state index contributed by atoms with van der Waals surface area (Å²) in [4.78, 5) is 16.6. The number of phenolic OH excluding ortho intramolecular Hbond substituents is 1. The van der Waals surface area contributed by atoms with Crippen LogP contribution in [0.25, 0.3) is 10.8 Å². The van der Waals surface area contributed by atoms with Crippen LogP contribution in [0.15, 0.2) is 30.3 Å². The van der Waals surface area contributed by atoms with Crippen LogP contribution < -0.4 is 24.6 Å². The van der Waals surface area contributed by atoms with Crippen molar-refractivity contribution >= 4 is 38.1 Å². The fourth-order valence-electron chi connectivity index (χ4n) is 8.61. The Kier molecular flexibility index (Phi) is 9.10. The number of nitrogens with zero attached hydrogens (tertiary/aromatic N) is 7. The zero-order chi connectivity index (χ0) is 36.2. The number of phenols is 1. The number of rotatable bonds is 10. The van der Waals surface area contributed by atoms with Crippen LogP contribution in [0, 0.1) is 5.82 Å². The first-order valence-corrected chi connectivity index (χ1v) is 19.8. The summed E-state index contributed by atoms with van der Waals surface area (Å²) >= 11 is 0. The molecule has 4 aliphatic heterocycles. The van der Waals surface area contributed by atoms with Gasteiger partial charge in [0.2, 0.25) is 10.0 Å². The largest absolute Gasteiger partial charge is 0.508 e. The molecule has 0 bridgehead atoms. The lowest BCUT2D eigenvalue weighted by molar-refractivity contribution is 0.107. The number of ether oxygens (including phenoxy) is 1. The van der Waals surface area contributed by atoms with Crippen LogP contribution in [0.4, 0.5) is 26.1 Å². The number of sulfonamides is 1. The Labute approximate surface area is 302 Å². The number of aromatic hydroxyl groups is 1. The minimum absolute atomic E-state index is 0.107. The molecule has 4 aliphatic rings. The first-order valence-electron chi connectivity index (χ1n) is 18.1. The molecule has 2 aromatic carbocycles. The summed E-state index contributed by atoms with van der Waals surface area (Å²) in [5.41, 5.74) is 3.67. The molecule has 2 atom stereocenters. The normalized spacial score (nSPS) is 22.0. The number of anilines is 3. The van der Waals surface area contributed by atoms with Gasteiger partial charge in [0, 0.05) is 61.4 Å². The lowest BCUT2D eigenvalue weighted by atomic mass is 9.95. The molecule has 0 amide bonds. The smallest absolute Gasteiger partial charge is 0.318 e. The van der Waals surface area contributed by atoms with Gasteiger partial charge in [-0.05, 0) is 68.8 Å². The van der Waals surface area contributed by atoms with E-state index in [4.69, 9.17) is 14.7 Å². The first kappa shape index (κ1) is 34.8. The van der Waals surface area contributed by atoms with Crippen molar-refractivity contribution < 1.29 is 27.0 Å². The average Bonchev–Trinajstić information content (AvgIpc) is 3.75. The van der Waals surface area contributed by atoms with Gasteiger partial charge in [-0.25, -0.2) is 21.9 Å². The number of halogens is 2. The Morgan fingerprint density at radius 2 is 1.94 bits per heavy atom. The number of hydrogen-bond donors (Lipinski definition) is 3. The van der Waals surface area contributed by atoms with Crippen LogP contribution in [-0.2, 0) is 42.5 Å². The molecule has 13 nitrogen and oxygen atoms in total. The van der Waals surface area contributed by atoms with E-state index in [1.54, 1.807) is 18.2 Å². The summed E-state index contributed by atoms with van der Waals surface area (Å²) in [6.45, 7) is 6.32. The molecule has 0 saturated carbocycles. The zero-order valence-electron chi connectivity index (χ0n) is 29.5. The summed E-state index contributed by atoms with van der Waals surface area (Å²) in [6.07, 6.45) is 3.29. The van der Waals surface area contributed by atoms with Gasteiger partial charge in [-0.1, -0.05) is 13.0 Å². The molecule has 16 heteroatoms. The monoisotopic (exact) mass is 737 g/mol. The maximum Gasteiger partial charge on any atom is 0.318 e. The third-order valence-electron chi connectivity index (χ3n) is 11.1. The van der Waals surface area contributed by atoms with Crippen molar-refractivity contribution in [1.29, 1.82) is 0 Å². The van der Waals surface area contributed by atoms with E-state index in [9.17, 15) is 17.9 Å².